The second-order valence-electron chi connectivity index (χ2n) is 3.13. The largest absolute Gasteiger partial charge is 0.618 e. The van der Waals surface area contributed by atoms with Crippen molar-refractivity contribution in [1.29, 1.82) is 0 Å². The van der Waals surface area contributed by atoms with E-state index in [-0.39, 0.29) is 0 Å². The lowest BCUT2D eigenvalue weighted by Gasteiger charge is -2.00. The molecule has 0 bridgehead atoms. The van der Waals surface area contributed by atoms with Crippen LogP contribution in [0.3, 0.4) is 0 Å². The average molecular weight is 185 g/mol. The van der Waals surface area contributed by atoms with Crippen molar-refractivity contribution in [3.8, 4) is 0 Å². The van der Waals surface area contributed by atoms with Crippen LogP contribution in [-0.4, -0.2) is 9.97 Å². The highest BCUT2D eigenvalue weighted by Crippen LogP contribution is 2.18. The highest BCUT2D eigenvalue weighted by atomic mass is 16.5. The number of imidazole rings is 1. The van der Waals surface area contributed by atoms with Gasteiger partial charge in [0.15, 0.2) is 5.52 Å². The van der Waals surface area contributed by atoms with Crippen LogP contribution in [0.2, 0.25) is 0 Å². The number of H-pyrrole nitrogens is 1. The van der Waals surface area contributed by atoms with Crippen LogP contribution in [0.25, 0.3) is 21.9 Å². The molecule has 0 aliphatic heterocycles. The summed E-state index contributed by atoms with van der Waals surface area (Å²) in [5.41, 5.74) is 2.26. The van der Waals surface area contributed by atoms with E-state index >= 15 is 0 Å². The van der Waals surface area contributed by atoms with Crippen LogP contribution in [0, 0.1) is 5.21 Å². The van der Waals surface area contributed by atoms with Gasteiger partial charge in [0, 0.05) is 6.07 Å². The predicted molar refractivity (Wildman–Crippen MR) is 52.6 cm³/mol. The molecule has 1 aromatic carbocycles. The standard InChI is InChI=1S/C10H7N3O/c14-13-5-8-10(12-6-11-8)7-3-1-2-4-9(7)13/h1-6H,(H,11,12). The second-order valence-corrected chi connectivity index (χ2v) is 3.13. The van der Waals surface area contributed by atoms with E-state index in [9.17, 15) is 5.21 Å². The van der Waals surface area contributed by atoms with E-state index in [1.54, 1.807) is 12.4 Å². The van der Waals surface area contributed by atoms with Crippen molar-refractivity contribution in [2.45, 2.75) is 0 Å². The van der Waals surface area contributed by atoms with Gasteiger partial charge in [-0.15, -0.1) is 0 Å². The quantitative estimate of drug-likeness (QED) is 0.424. The molecule has 2 heterocycles. The first-order chi connectivity index (χ1) is 6.86. The van der Waals surface area contributed by atoms with Crippen LogP contribution in [0.4, 0.5) is 0 Å². The summed E-state index contributed by atoms with van der Waals surface area (Å²) in [6.45, 7) is 0. The lowest BCUT2D eigenvalue weighted by molar-refractivity contribution is -0.575. The lowest BCUT2D eigenvalue weighted by Crippen LogP contribution is -2.26. The van der Waals surface area contributed by atoms with Crippen molar-refractivity contribution >= 4 is 21.9 Å². The molecule has 4 nitrogen and oxygen atoms in total. The number of fused-ring (bicyclic) bond motifs is 3. The summed E-state index contributed by atoms with van der Waals surface area (Å²) in [7, 11) is 0. The molecule has 14 heavy (non-hydrogen) atoms. The van der Waals surface area contributed by atoms with Gasteiger partial charge in [-0.05, 0) is 6.07 Å². The van der Waals surface area contributed by atoms with Gasteiger partial charge >= 0.3 is 0 Å². The molecule has 0 amide bonds. The monoisotopic (exact) mass is 185 g/mol. The van der Waals surface area contributed by atoms with Crippen LogP contribution >= 0.6 is 0 Å². The number of aromatic nitrogens is 3. The van der Waals surface area contributed by atoms with Crippen LogP contribution in [0.15, 0.2) is 36.8 Å². The van der Waals surface area contributed by atoms with Gasteiger partial charge < -0.3 is 10.2 Å². The molecule has 3 rings (SSSR count). The highest BCUT2D eigenvalue weighted by Gasteiger charge is 2.09. The van der Waals surface area contributed by atoms with Crippen molar-refractivity contribution < 1.29 is 4.73 Å². The number of hydrogen-bond acceptors (Lipinski definition) is 2. The van der Waals surface area contributed by atoms with Crippen LogP contribution in [0.5, 0.6) is 0 Å². The molecule has 1 N–H and O–H groups in total. The Kier molecular flexibility index (Phi) is 1.28. The first kappa shape index (κ1) is 7.32. The third kappa shape index (κ3) is 0.821. The molecule has 2 aromatic heterocycles. The van der Waals surface area contributed by atoms with Crippen LogP contribution in [0.1, 0.15) is 0 Å². The van der Waals surface area contributed by atoms with Gasteiger partial charge in [0.1, 0.15) is 0 Å². The molecule has 0 saturated heterocycles. The molecule has 0 atom stereocenters. The van der Waals surface area contributed by atoms with Gasteiger partial charge in [-0.3, -0.25) is 0 Å². The van der Waals surface area contributed by atoms with Crippen LogP contribution < -0.4 is 4.73 Å². The number of nitrogens with zero attached hydrogens (tertiary/aromatic N) is 2. The molecular formula is C10H7N3O. The molecule has 0 radical (unpaired) electrons. The normalized spacial score (nSPS) is 11.1. The third-order valence-electron chi connectivity index (χ3n) is 2.32. The van der Waals surface area contributed by atoms with E-state index in [4.69, 9.17) is 0 Å². The summed E-state index contributed by atoms with van der Waals surface area (Å²) >= 11 is 0. The van der Waals surface area contributed by atoms with Gasteiger partial charge in [0.2, 0.25) is 11.7 Å². The fraction of sp³-hybridized carbons (Fsp3) is 0. The minimum atomic E-state index is 0.657. The summed E-state index contributed by atoms with van der Waals surface area (Å²) in [4.78, 5) is 7.08. The number of nitrogens with one attached hydrogen (secondary N) is 1. The number of hydrogen-bond donors (Lipinski definition) is 1. The molecule has 0 aliphatic carbocycles. The Bertz CT molecular complexity index is 615. The lowest BCUT2D eigenvalue weighted by atomic mass is 10.2. The van der Waals surface area contributed by atoms with Gasteiger partial charge in [-0.25, -0.2) is 4.98 Å². The summed E-state index contributed by atoms with van der Waals surface area (Å²) in [6.07, 6.45) is 3.07. The molecule has 0 unspecified atom stereocenters. The minimum absolute atomic E-state index is 0.657. The first-order valence-corrected chi connectivity index (χ1v) is 4.30. The van der Waals surface area contributed by atoms with Crippen molar-refractivity contribution in [3.63, 3.8) is 0 Å². The number of pyridine rings is 1. The van der Waals surface area contributed by atoms with Crippen molar-refractivity contribution in [2.24, 2.45) is 0 Å². The molecule has 0 fully saturated rings. The Labute approximate surface area is 79.4 Å². The van der Waals surface area contributed by atoms with Crippen molar-refractivity contribution in [1.82, 2.24) is 9.97 Å². The number of para-hydroxylation sites is 1. The van der Waals surface area contributed by atoms with E-state index in [1.165, 1.54) is 6.20 Å². The van der Waals surface area contributed by atoms with Crippen molar-refractivity contribution in [2.75, 3.05) is 0 Å². The summed E-state index contributed by atoms with van der Waals surface area (Å²) in [5, 5.41) is 12.5. The maximum atomic E-state index is 11.6. The minimum Gasteiger partial charge on any atom is -0.618 e. The maximum absolute atomic E-state index is 11.6. The Hall–Kier alpha value is -2.10. The fourth-order valence-corrected chi connectivity index (χ4v) is 1.68. The Morgan fingerprint density at radius 1 is 1.29 bits per heavy atom. The third-order valence-corrected chi connectivity index (χ3v) is 2.32. The SMILES string of the molecule is [O-][n+]1cc2nc[nH]c2c2ccccc21. The summed E-state index contributed by atoms with van der Waals surface area (Å²) < 4.78 is 0.846. The molecule has 3 aromatic rings. The smallest absolute Gasteiger partial charge is 0.226 e. The summed E-state index contributed by atoms with van der Waals surface area (Å²) in [6, 6.07) is 7.45. The summed E-state index contributed by atoms with van der Waals surface area (Å²) in [5.74, 6) is 0. The second kappa shape index (κ2) is 2.45. The van der Waals surface area contributed by atoms with Crippen LogP contribution in [-0.2, 0) is 0 Å². The van der Waals surface area contributed by atoms with Crippen molar-refractivity contribution in [3.05, 3.63) is 42.0 Å². The zero-order chi connectivity index (χ0) is 9.54. The first-order valence-electron chi connectivity index (χ1n) is 4.30. The predicted octanol–water partition coefficient (Wildman–Crippen LogP) is 1.35. The number of aromatic amines is 1. The zero-order valence-corrected chi connectivity index (χ0v) is 7.27. The molecule has 4 heteroatoms. The van der Waals surface area contributed by atoms with Gasteiger partial charge in [0.25, 0.3) is 0 Å². The van der Waals surface area contributed by atoms with E-state index in [0.29, 0.717) is 11.0 Å². The molecule has 0 saturated carbocycles. The molecule has 68 valence electrons. The van der Waals surface area contributed by atoms with E-state index in [0.717, 1.165) is 15.6 Å². The van der Waals surface area contributed by atoms with Gasteiger partial charge in [-0.1, -0.05) is 12.1 Å². The average Bonchev–Trinajstić information content (AvgIpc) is 2.66. The highest BCUT2D eigenvalue weighted by molar-refractivity contribution is 5.99. The topological polar surface area (TPSA) is 55.6 Å². The number of benzene rings is 1. The van der Waals surface area contributed by atoms with E-state index in [1.807, 2.05) is 18.2 Å². The fourth-order valence-electron chi connectivity index (χ4n) is 1.68. The number of rotatable bonds is 0. The van der Waals surface area contributed by atoms with Gasteiger partial charge in [-0.2, -0.15) is 4.73 Å². The molecule has 0 aliphatic rings. The maximum Gasteiger partial charge on any atom is 0.226 e. The Morgan fingerprint density at radius 2 is 2.14 bits per heavy atom. The molecule has 0 spiro atoms. The Morgan fingerprint density at radius 3 is 3.07 bits per heavy atom. The van der Waals surface area contributed by atoms with E-state index in [2.05, 4.69) is 9.97 Å². The Balaban J connectivity index is 2.67. The molecular weight excluding hydrogens is 178 g/mol. The van der Waals surface area contributed by atoms with E-state index < -0.39 is 0 Å². The van der Waals surface area contributed by atoms with Gasteiger partial charge in [0.05, 0.1) is 17.2 Å². The zero-order valence-electron chi connectivity index (χ0n) is 7.27.